The van der Waals surface area contributed by atoms with E-state index in [1.807, 2.05) is 38.1 Å². The standard InChI is InChI=1S/C19H22N2O4/c1-13(2)25-18-8-6-5-7-14(18)12-20-21-19(22)15-9-16(23-3)11-17(10-15)24-4/h5-13H,1-4H3,(H,21,22)/b20-12-. The van der Waals surface area contributed by atoms with E-state index < -0.39 is 0 Å². The first-order valence-electron chi connectivity index (χ1n) is 7.85. The first-order valence-corrected chi connectivity index (χ1v) is 7.85. The molecule has 0 saturated heterocycles. The summed E-state index contributed by atoms with van der Waals surface area (Å²) in [7, 11) is 3.06. The van der Waals surface area contributed by atoms with Gasteiger partial charge in [0.2, 0.25) is 0 Å². The SMILES string of the molecule is COc1cc(OC)cc(C(=O)N/N=C\c2ccccc2OC(C)C)c1. The molecule has 0 aliphatic carbocycles. The smallest absolute Gasteiger partial charge is 0.271 e. The lowest BCUT2D eigenvalue weighted by Crippen LogP contribution is -2.18. The van der Waals surface area contributed by atoms with Gasteiger partial charge in [-0.1, -0.05) is 12.1 Å². The summed E-state index contributed by atoms with van der Waals surface area (Å²) in [5.41, 5.74) is 3.66. The first-order chi connectivity index (χ1) is 12.0. The van der Waals surface area contributed by atoms with Gasteiger partial charge in [-0.05, 0) is 38.1 Å². The van der Waals surface area contributed by atoms with Crippen molar-refractivity contribution in [3.05, 3.63) is 53.6 Å². The van der Waals surface area contributed by atoms with E-state index in [1.165, 1.54) is 14.2 Å². The quantitative estimate of drug-likeness (QED) is 0.619. The fraction of sp³-hybridized carbons (Fsp3) is 0.263. The molecule has 2 rings (SSSR count). The minimum Gasteiger partial charge on any atom is -0.497 e. The molecule has 25 heavy (non-hydrogen) atoms. The highest BCUT2D eigenvalue weighted by Crippen LogP contribution is 2.22. The lowest BCUT2D eigenvalue weighted by atomic mass is 10.2. The van der Waals surface area contributed by atoms with E-state index >= 15 is 0 Å². The van der Waals surface area contributed by atoms with Gasteiger partial charge in [-0.25, -0.2) is 5.43 Å². The van der Waals surface area contributed by atoms with Crippen LogP contribution < -0.4 is 19.6 Å². The third kappa shape index (κ3) is 5.24. The Morgan fingerprint density at radius 2 is 1.72 bits per heavy atom. The lowest BCUT2D eigenvalue weighted by Gasteiger charge is -2.11. The number of benzene rings is 2. The molecule has 2 aromatic rings. The number of nitrogens with one attached hydrogen (secondary N) is 1. The number of hydrogen-bond donors (Lipinski definition) is 1. The molecule has 0 aromatic heterocycles. The van der Waals surface area contributed by atoms with E-state index in [0.717, 1.165) is 5.56 Å². The van der Waals surface area contributed by atoms with Crippen molar-refractivity contribution in [3.8, 4) is 17.2 Å². The molecule has 0 aliphatic heterocycles. The van der Waals surface area contributed by atoms with Gasteiger partial charge in [0.1, 0.15) is 17.2 Å². The zero-order valence-corrected chi connectivity index (χ0v) is 14.8. The molecule has 0 heterocycles. The van der Waals surface area contributed by atoms with Gasteiger partial charge in [0.25, 0.3) is 5.91 Å². The van der Waals surface area contributed by atoms with E-state index in [9.17, 15) is 4.79 Å². The van der Waals surface area contributed by atoms with Gasteiger partial charge in [-0.2, -0.15) is 5.10 Å². The number of nitrogens with zero attached hydrogens (tertiary/aromatic N) is 1. The minimum atomic E-state index is -0.365. The molecule has 0 unspecified atom stereocenters. The maximum atomic E-state index is 12.3. The maximum Gasteiger partial charge on any atom is 0.271 e. The Balaban J connectivity index is 2.11. The van der Waals surface area contributed by atoms with Crippen molar-refractivity contribution in [1.82, 2.24) is 5.43 Å². The molecule has 132 valence electrons. The summed E-state index contributed by atoms with van der Waals surface area (Å²) in [4.78, 5) is 12.3. The van der Waals surface area contributed by atoms with Crippen molar-refractivity contribution in [1.29, 1.82) is 0 Å². The fourth-order valence-corrected chi connectivity index (χ4v) is 2.11. The third-order valence-electron chi connectivity index (χ3n) is 3.27. The summed E-state index contributed by atoms with van der Waals surface area (Å²) in [6, 6.07) is 12.4. The summed E-state index contributed by atoms with van der Waals surface area (Å²) in [5, 5.41) is 4.01. The highest BCUT2D eigenvalue weighted by Gasteiger charge is 2.09. The van der Waals surface area contributed by atoms with E-state index in [2.05, 4.69) is 10.5 Å². The Morgan fingerprint density at radius 3 is 2.32 bits per heavy atom. The molecule has 0 aliphatic rings. The van der Waals surface area contributed by atoms with Gasteiger partial charge in [0, 0.05) is 17.2 Å². The van der Waals surface area contributed by atoms with Crippen LogP contribution in [0.3, 0.4) is 0 Å². The number of para-hydroxylation sites is 1. The Kier molecular flexibility index (Phi) is 6.39. The van der Waals surface area contributed by atoms with Crippen molar-refractivity contribution in [2.24, 2.45) is 5.10 Å². The van der Waals surface area contributed by atoms with Crippen molar-refractivity contribution in [2.45, 2.75) is 20.0 Å². The van der Waals surface area contributed by atoms with Crippen molar-refractivity contribution < 1.29 is 19.0 Å². The fourth-order valence-electron chi connectivity index (χ4n) is 2.11. The largest absolute Gasteiger partial charge is 0.497 e. The van der Waals surface area contributed by atoms with Gasteiger partial charge in [-0.3, -0.25) is 4.79 Å². The Bertz CT molecular complexity index is 735. The maximum absolute atomic E-state index is 12.3. The van der Waals surface area contributed by atoms with Gasteiger partial charge < -0.3 is 14.2 Å². The number of hydrogen-bond acceptors (Lipinski definition) is 5. The summed E-state index contributed by atoms with van der Waals surface area (Å²) in [6.07, 6.45) is 1.60. The number of amides is 1. The van der Waals surface area contributed by atoms with Gasteiger partial charge >= 0.3 is 0 Å². The van der Waals surface area contributed by atoms with Crippen LogP contribution in [0, 0.1) is 0 Å². The summed E-state index contributed by atoms with van der Waals surface area (Å²) >= 11 is 0. The van der Waals surface area contributed by atoms with Crippen LogP contribution in [0.25, 0.3) is 0 Å². The second-order valence-electron chi connectivity index (χ2n) is 5.50. The molecule has 1 amide bonds. The Labute approximate surface area is 147 Å². The van der Waals surface area contributed by atoms with Gasteiger partial charge in [0.15, 0.2) is 0 Å². The van der Waals surface area contributed by atoms with E-state index in [4.69, 9.17) is 14.2 Å². The molecule has 0 bridgehead atoms. The number of carbonyl (C=O) groups excluding carboxylic acids is 1. The number of rotatable bonds is 7. The third-order valence-corrected chi connectivity index (χ3v) is 3.27. The summed E-state index contributed by atoms with van der Waals surface area (Å²) in [6.45, 7) is 3.90. The molecule has 6 heteroatoms. The zero-order chi connectivity index (χ0) is 18.2. The molecule has 6 nitrogen and oxygen atoms in total. The van der Waals surface area contributed by atoms with Crippen molar-refractivity contribution in [3.63, 3.8) is 0 Å². The first kappa shape index (κ1) is 18.3. The Morgan fingerprint density at radius 1 is 1.08 bits per heavy atom. The van der Waals surface area contributed by atoms with Crippen LogP contribution >= 0.6 is 0 Å². The molecule has 0 atom stereocenters. The highest BCUT2D eigenvalue weighted by atomic mass is 16.5. The molecule has 0 saturated carbocycles. The van der Waals surface area contributed by atoms with Crippen LogP contribution in [-0.2, 0) is 0 Å². The van der Waals surface area contributed by atoms with Crippen LogP contribution in [-0.4, -0.2) is 32.4 Å². The van der Waals surface area contributed by atoms with Gasteiger partial charge in [-0.15, -0.1) is 0 Å². The van der Waals surface area contributed by atoms with Crippen LogP contribution in [0.2, 0.25) is 0 Å². The lowest BCUT2D eigenvalue weighted by molar-refractivity contribution is 0.0954. The molecular weight excluding hydrogens is 320 g/mol. The second-order valence-corrected chi connectivity index (χ2v) is 5.50. The number of methoxy groups -OCH3 is 2. The van der Waals surface area contributed by atoms with Crippen LogP contribution in [0.1, 0.15) is 29.8 Å². The van der Waals surface area contributed by atoms with Crippen molar-refractivity contribution >= 4 is 12.1 Å². The average Bonchev–Trinajstić information content (AvgIpc) is 2.62. The highest BCUT2D eigenvalue weighted by molar-refractivity contribution is 5.95. The van der Waals surface area contributed by atoms with Crippen LogP contribution in [0.4, 0.5) is 0 Å². The topological polar surface area (TPSA) is 69.2 Å². The van der Waals surface area contributed by atoms with Crippen molar-refractivity contribution in [2.75, 3.05) is 14.2 Å². The summed E-state index contributed by atoms with van der Waals surface area (Å²) < 4.78 is 16.0. The monoisotopic (exact) mass is 342 g/mol. The zero-order valence-electron chi connectivity index (χ0n) is 14.8. The van der Waals surface area contributed by atoms with Crippen LogP contribution in [0.5, 0.6) is 17.2 Å². The molecule has 2 aromatic carbocycles. The van der Waals surface area contributed by atoms with Gasteiger partial charge in [0.05, 0.1) is 26.5 Å². The van der Waals surface area contributed by atoms with E-state index in [-0.39, 0.29) is 12.0 Å². The predicted molar refractivity (Wildman–Crippen MR) is 96.8 cm³/mol. The summed E-state index contributed by atoms with van der Waals surface area (Å²) in [5.74, 6) is 1.41. The van der Waals surface area contributed by atoms with E-state index in [0.29, 0.717) is 22.8 Å². The minimum absolute atomic E-state index is 0.0494. The molecule has 0 radical (unpaired) electrons. The molecule has 0 spiro atoms. The number of carbonyl (C=O) groups is 1. The van der Waals surface area contributed by atoms with E-state index in [1.54, 1.807) is 24.4 Å². The molecule has 0 fully saturated rings. The Hall–Kier alpha value is -3.02. The number of hydrazone groups is 1. The van der Waals surface area contributed by atoms with Crippen LogP contribution in [0.15, 0.2) is 47.6 Å². The molecular formula is C19H22N2O4. The average molecular weight is 342 g/mol. The predicted octanol–water partition coefficient (Wildman–Crippen LogP) is 3.25. The normalized spacial score (nSPS) is 10.8. The number of ether oxygens (including phenoxy) is 3. The second kappa shape index (κ2) is 8.73. The molecule has 1 N–H and O–H groups in total.